The molecule has 0 aliphatic heterocycles. The van der Waals surface area contributed by atoms with Gasteiger partial charge < -0.3 is 10.1 Å². The Morgan fingerprint density at radius 1 is 1.10 bits per heavy atom. The summed E-state index contributed by atoms with van der Waals surface area (Å²) >= 11 is 0. The molecule has 8 atom stereocenters. The van der Waals surface area contributed by atoms with Crippen LogP contribution in [0.1, 0.15) is 85.0 Å². The molecule has 4 rings (SSSR count). The number of rotatable bonds is 4. The number of nitrogens with one attached hydrogen (secondary N) is 1. The van der Waals surface area contributed by atoms with Crippen molar-refractivity contribution in [1.29, 1.82) is 0 Å². The van der Waals surface area contributed by atoms with E-state index in [2.05, 4.69) is 26.1 Å². The molecule has 4 aliphatic rings. The maximum atomic E-state index is 13.4. The second-order valence-electron chi connectivity index (χ2n) is 11.3. The molecular formula is C25H41NO3. The van der Waals surface area contributed by atoms with Crippen molar-refractivity contribution in [2.24, 2.45) is 46.3 Å². The molecule has 0 aromatic carbocycles. The smallest absolute Gasteiger partial charge is 0.406 e. The zero-order chi connectivity index (χ0) is 20.8. The average molecular weight is 404 g/mol. The fourth-order valence-corrected chi connectivity index (χ4v) is 8.61. The van der Waals surface area contributed by atoms with E-state index < -0.39 is 0 Å². The molecule has 0 radical (unpaired) electrons. The Kier molecular flexibility index (Phi) is 5.76. The highest BCUT2D eigenvalue weighted by Gasteiger charge is 2.62. The van der Waals surface area contributed by atoms with Crippen molar-refractivity contribution in [1.82, 2.24) is 5.32 Å². The minimum Gasteiger partial charge on any atom is -0.453 e. The van der Waals surface area contributed by atoms with Crippen LogP contribution >= 0.6 is 0 Å². The second-order valence-corrected chi connectivity index (χ2v) is 11.3. The van der Waals surface area contributed by atoms with Gasteiger partial charge in [-0.2, -0.15) is 0 Å². The number of ketones is 1. The fourth-order valence-electron chi connectivity index (χ4n) is 8.61. The zero-order valence-electron chi connectivity index (χ0n) is 19.0. The van der Waals surface area contributed by atoms with Crippen molar-refractivity contribution in [3.8, 4) is 0 Å². The Hall–Kier alpha value is -1.06. The van der Waals surface area contributed by atoms with E-state index >= 15 is 0 Å². The van der Waals surface area contributed by atoms with Crippen LogP contribution < -0.4 is 5.32 Å². The highest BCUT2D eigenvalue weighted by Crippen LogP contribution is 2.67. The van der Waals surface area contributed by atoms with Gasteiger partial charge in [-0.15, -0.1) is 0 Å². The second kappa shape index (κ2) is 7.89. The molecule has 1 amide bonds. The number of alkyl carbamates (subject to hydrolysis) is 1. The predicted molar refractivity (Wildman–Crippen MR) is 114 cm³/mol. The number of carbonyl (C=O) groups excluding carboxylic acids is 2. The minimum absolute atomic E-state index is 0.291. The SMILES string of the molecule is COC(=O)NCCC(C)C1CCC2C3C(=O)CC4CCCCC4(C)C3CCC12C. The molecule has 8 unspecified atom stereocenters. The number of ether oxygens (including phenoxy) is 1. The molecule has 4 saturated carbocycles. The van der Waals surface area contributed by atoms with Gasteiger partial charge in [0.15, 0.2) is 0 Å². The van der Waals surface area contributed by atoms with Gasteiger partial charge in [-0.1, -0.05) is 33.6 Å². The van der Waals surface area contributed by atoms with Gasteiger partial charge in [-0.25, -0.2) is 4.79 Å². The summed E-state index contributed by atoms with van der Waals surface area (Å²) in [6.07, 6.45) is 11.8. The van der Waals surface area contributed by atoms with Gasteiger partial charge in [-0.3, -0.25) is 4.79 Å². The first-order chi connectivity index (χ1) is 13.8. The largest absolute Gasteiger partial charge is 0.453 e. The summed E-state index contributed by atoms with van der Waals surface area (Å²) in [4.78, 5) is 24.8. The number of methoxy groups -OCH3 is 1. The molecule has 164 valence electrons. The van der Waals surface area contributed by atoms with E-state index in [-0.39, 0.29) is 6.09 Å². The van der Waals surface area contributed by atoms with Gasteiger partial charge in [0.1, 0.15) is 5.78 Å². The van der Waals surface area contributed by atoms with E-state index in [0.717, 1.165) is 12.8 Å². The molecule has 4 aliphatic carbocycles. The molecule has 4 fully saturated rings. The number of carbonyl (C=O) groups is 2. The van der Waals surface area contributed by atoms with Crippen molar-refractivity contribution in [3.63, 3.8) is 0 Å². The Labute approximate surface area is 176 Å². The monoisotopic (exact) mass is 403 g/mol. The van der Waals surface area contributed by atoms with Crippen LogP contribution in [0.4, 0.5) is 4.79 Å². The lowest BCUT2D eigenvalue weighted by molar-refractivity contribution is -0.156. The maximum absolute atomic E-state index is 13.4. The molecule has 0 bridgehead atoms. The van der Waals surface area contributed by atoms with Crippen LogP contribution in [0.2, 0.25) is 0 Å². The number of hydrogen-bond acceptors (Lipinski definition) is 3. The summed E-state index contributed by atoms with van der Waals surface area (Å²) in [5.74, 6) is 4.01. The molecule has 0 heterocycles. The first-order valence-electron chi connectivity index (χ1n) is 12.2. The van der Waals surface area contributed by atoms with Crippen LogP contribution in [0.25, 0.3) is 0 Å². The Bertz CT molecular complexity index is 648. The van der Waals surface area contributed by atoms with Crippen molar-refractivity contribution in [2.45, 2.75) is 85.0 Å². The van der Waals surface area contributed by atoms with E-state index in [9.17, 15) is 9.59 Å². The zero-order valence-corrected chi connectivity index (χ0v) is 19.0. The van der Waals surface area contributed by atoms with E-state index in [4.69, 9.17) is 4.74 Å². The number of amides is 1. The molecule has 29 heavy (non-hydrogen) atoms. The van der Waals surface area contributed by atoms with Gasteiger partial charge in [0.05, 0.1) is 7.11 Å². The summed E-state index contributed by atoms with van der Waals surface area (Å²) < 4.78 is 4.70. The van der Waals surface area contributed by atoms with Crippen LogP contribution in [0, 0.1) is 46.3 Å². The third-order valence-electron chi connectivity index (χ3n) is 10.2. The summed E-state index contributed by atoms with van der Waals surface area (Å²) in [7, 11) is 1.42. The van der Waals surface area contributed by atoms with Crippen LogP contribution in [0.3, 0.4) is 0 Å². The summed E-state index contributed by atoms with van der Waals surface area (Å²) in [5.41, 5.74) is 0.700. The lowest BCUT2D eigenvalue weighted by atomic mass is 9.44. The normalized spacial score (nSPS) is 45.0. The Morgan fingerprint density at radius 3 is 2.62 bits per heavy atom. The highest BCUT2D eigenvalue weighted by molar-refractivity contribution is 5.83. The van der Waals surface area contributed by atoms with Gasteiger partial charge in [0.25, 0.3) is 0 Å². The van der Waals surface area contributed by atoms with Crippen LogP contribution in [0.15, 0.2) is 0 Å². The number of Topliss-reactive ketones (excluding diaryl/α,β-unsaturated/α-hetero) is 1. The highest BCUT2D eigenvalue weighted by atomic mass is 16.5. The summed E-state index contributed by atoms with van der Waals surface area (Å²) in [6.45, 7) is 8.07. The first-order valence-corrected chi connectivity index (χ1v) is 12.2. The Balaban J connectivity index is 1.49. The first kappa shape index (κ1) is 21.2. The van der Waals surface area contributed by atoms with Crippen molar-refractivity contribution in [2.75, 3.05) is 13.7 Å². The van der Waals surface area contributed by atoms with E-state index in [1.807, 2.05) is 0 Å². The van der Waals surface area contributed by atoms with E-state index in [1.54, 1.807) is 0 Å². The molecule has 0 spiro atoms. The lowest BCUT2D eigenvalue weighted by Crippen LogP contribution is -2.56. The molecule has 0 aromatic heterocycles. The lowest BCUT2D eigenvalue weighted by Gasteiger charge is -2.60. The third kappa shape index (κ3) is 3.43. The fraction of sp³-hybridized carbons (Fsp3) is 0.920. The molecule has 0 saturated heterocycles. The standard InChI is InChI=1S/C25H41NO3/c1-16(11-14-26-23(28)29-4)18-8-9-19-22-20(10-13-25(18,19)3)24(2)12-6-5-7-17(24)15-21(22)27/h16-20,22H,5-15H2,1-4H3,(H,26,28). The maximum Gasteiger partial charge on any atom is 0.406 e. The van der Waals surface area contributed by atoms with Crippen molar-refractivity contribution < 1.29 is 14.3 Å². The Morgan fingerprint density at radius 2 is 1.86 bits per heavy atom. The topological polar surface area (TPSA) is 55.4 Å². The number of fused-ring (bicyclic) bond motifs is 5. The van der Waals surface area contributed by atoms with Crippen molar-refractivity contribution in [3.05, 3.63) is 0 Å². The van der Waals surface area contributed by atoms with Gasteiger partial charge in [0, 0.05) is 18.9 Å². The van der Waals surface area contributed by atoms with E-state index in [0.29, 0.717) is 58.7 Å². The third-order valence-corrected chi connectivity index (χ3v) is 10.2. The molecule has 1 N–H and O–H groups in total. The predicted octanol–water partition coefficient (Wildman–Crippen LogP) is 5.60. The van der Waals surface area contributed by atoms with Gasteiger partial charge in [0.2, 0.25) is 0 Å². The van der Waals surface area contributed by atoms with Crippen molar-refractivity contribution >= 4 is 11.9 Å². The van der Waals surface area contributed by atoms with Crippen LogP contribution in [-0.4, -0.2) is 25.5 Å². The number of hydrogen-bond donors (Lipinski definition) is 1. The minimum atomic E-state index is -0.337. The molecular weight excluding hydrogens is 362 g/mol. The van der Waals surface area contributed by atoms with E-state index in [1.165, 1.54) is 58.5 Å². The van der Waals surface area contributed by atoms with Gasteiger partial charge >= 0.3 is 6.09 Å². The quantitative estimate of drug-likeness (QED) is 0.665. The molecule has 0 aromatic rings. The van der Waals surface area contributed by atoms with Crippen LogP contribution in [0.5, 0.6) is 0 Å². The average Bonchev–Trinajstić information content (AvgIpc) is 3.05. The summed E-state index contributed by atoms with van der Waals surface area (Å²) in [5, 5.41) is 2.84. The molecule has 4 heteroatoms. The van der Waals surface area contributed by atoms with Crippen LogP contribution in [-0.2, 0) is 9.53 Å². The summed E-state index contributed by atoms with van der Waals surface area (Å²) in [6, 6.07) is 0. The molecule has 4 nitrogen and oxygen atoms in total. The van der Waals surface area contributed by atoms with Gasteiger partial charge in [-0.05, 0) is 85.4 Å².